The van der Waals surface area contributed by atoms with Crippen LogP contribution in [0, 0.1) is 0 Å². The van der Waals surface area contributed by atoms with Crippen LogP contribution in [0.4, 0.5) is 0 Å². The quantitative estimate of drug-likeness (QED) is 0.0421. The van der Waals surface area contributed by atoms with Crippen LogP contribution in [-0.4, -0.2) is 59.6 Å². The molecule has 0 aliphatic carbocycles. The van der Waals surface area contributed by atoms with Crippen LogP contribution in [0.15, 0.2) is 0 Å². The SMILES string of the molecule is CCCCCCCCP(CCCCCCCC)C(P(CCCCCCCC)CCCCCCCC)C(C)(P(CCCCCCCC)CCCCCCCC)P(CCCCCCCC)CCCCCCCC. The zero-order chi connectivity index (χ0) is 52.0. The molecule has 428 valence electrons. The second-order valence-electron chi connectivity index (χ2n) is 23.7. The molecule has 4 heteroatoms. The fourth-order valence-electron chi connectivity index (χ4n) is 12.0. The van der Waals surface area contributed by atoms with Gasteiger partial charge in [0.2, 0.25) is 0 Å². The Kier molecular flexibility index (Phi) is 59.3. The van der Waals surface area contributed by atoms with E-state index < -0.39 is 0 Å². The molecular weight excluding hydrogens is 929 g/mol. The molecule has 0 fully saturated rings. The van der Waals surface area contributed by atoms with E-state index in [0.29, 0.717) is 4.90 Å². The first kappa shape index (κ1) is 72.7. The Hall–Kier alpha value is 1.72. The first-order chi connectivity index (χ1) is 35.0. The van der Waals surface area contributed by atoms with Crippen molar-refractivity contribution in [3.63, 3.8) is 0 Å². The molecule has 0 radical (unpaired) electrons. The summed E-state index contributed by atoms with van der Waals surface area (Å²) in [5, 5.41) is 1.10. The van der Waals surface area contributed by atoms with Crippen molar-refractivity contribution in [2.24, 2.45) is 0 Å². The Morgan fingerprint density at radius 1 is 0.197 bits per heavy atom. The van der Waals surface area contributed by atoms with E-state index in [-0.39, 0.29) is 31.7 Å². The van der Waals surface area contributed by atoms with E-state index in [1.165, 1.54) is 257 Å². The second-order valence-corrected chi connectivity index (χ2v) is 35.4. The van der Waals surface area contributed by atoms with E-state index in [2.05, 4.69) is 62.3 Å². The van der Waals surface area contributed by atoms with Crippen LogP contribution in [0.2, 0.25) is 0 Å². The van der Waals surface area contributed by atoms with Crippen LogP contribution in [-0.2, 0) is 0 Å². The Labute approximate surface area is 459 Å². The largest absolute Gasteiger partial charge is 0.0978 e. The molecule has 0 aromatic carbocycles. The lowest BCUT2D eigenvalue weighted by Crippen LogP contribution is -2.39. The summed E-state index contributed by atoms with van der Waals surface area (Å²) in [6.07, 6.45) is 84.5. The third-order valence-corrected chi connectivity index (χ3v) is 33.7. The molecule has 0 aromatic heterocycles. The molecule has 0 aromatic rings. The normalized spacial score (nSPS) is 12.4. The average Bonchev–Trinajstić information content (AvgIpc) is 3.37. The predicted octanol–water partition coefficient (Wildman–Crippen LogP) is 26.8. The van der Waals surface area contributed by atoms with Gasteiger partial charge in [0, 0.05) is 10.3 Å². The standard InChI is InChI=1S/C67H140P4/c1-10-18-26-34-42-50-58-68(59-51-43-35-27-19-11-2)66(69(60-52-44-36-28-20-12-3)61-53-45-37-29-21-13-4)67(9,70(62-54-46-38-30-22-14-5)63-55-47-39-31-23-15-6)71(64-56-48-40-32-24-16-7)65-57-49-41-33-25-17-8/h66H,10-65H2,1-9H3. The Morgan fingerprint density at radius 3 is 0.507 bits per heavy atom. The van der Waals surface area contributed by atoms with Gasteiger partial charge in [-0.05, 0) is 101 Å². The number of unbranched alkanes of at least 4 members (excludes halogenated alkanes) is 40. The second kappa shape index (κ2) is 57.9. The Balaban J connectivity index is 8.08. The van der Waals surface area contributed by atoms with Gasteiger partial charge in [-0.1, -0.05) is 351 Å². The van der Waals surface area contributed by atoms with Crippen molar-refractivity contribution in [2.75, 3.05) is 49.3 Å². The summed E-state index contributed by atoms with van der Waals surface area (Å²) in [5.74, 6) is 0. The fraction of sp³-hybridized carbons (Fsp3) is 1.00. The summed E-state index contributed by atoms with van der Waals surface area (Å²) in [6.45, 7) is 22.6. The monoisotopic (exact) mass is 1070 g/mol. The van der Waals surface area contributed by atoms with Gasteiger partial charge in [-0.2, -0.15) is 0 Å². The fourth-order valence-corrected chi connectivity index (χ4v) is 32.6. The summed E-state index contributed by atoms with van der Waals surface area (Å²) < 4.78 is 0. The number of rotatable bonds is 61. The minimum atomic E-state index is -0.00449. The van der Waals surface area contributed by atoms with Crippen LogP contribution in [0.5, 0.6) is 0 Å². The predicted molar refractivity (Wildman–Crippen MR) is 346 cm³/mol. The highest BCUT2D eigenvalue weighted by atomic mass is 31.2. The van der Waals surface area contributed by atoms with E-state index >= 15 is 0 Å². The molecule has 0 spiro atoms. The van der Waals surface area contributed by atoms with Gasteiger partial charge in [-0.25, -0.2) is 0 Å². The van der Waals surface area contributed by atoms with E-state index in [9.17, 15) is 0 Å². The molecule has 0 bridgehead atoms. The van der Waals surface area contributed by atoms with Gasteiger partial charge in [0.25, 0.3) is 0 Å². The van der Waals surface area contributed by atoms with Gasteiger partial charge in [0.05, 0.1) is 0 Å². The van der Waals surface area contributed by atoms with Crippen LogP contribution >= 0.6 is 31.7 Å². The molecule has 71 heavy (non-hydrogen) atoms. The van der Waals surface area contributed by atoms with Gasteiger partial charge in [-0.15, -0.1) is 0 Å². The zero-order valence-corrected chi connectivity index (χ0v) is 55.0. The summed E-state index contributed by atoms with van der Waals surface area (Å²) in [5.41, 5.74) is 0. The molecule has 0 saturated carbocycles. The lowest BCUT2D eigenvalue weighted by Gasteiger charge is -2.56. The summed E-state index contributed by atoms with van der Waals surface area (Å²) in [4.78, 5) is 0.636. The molecule has 0 amide bonds. The minimum Gasteiger partial charge on any atom is -0.0978 e. The molecule has 0 atom stereocenters. The van der Waals surface area contributed by atoms with Crippen molar-refractivity contribution < 1.29 is 0 Å². The van der Waals surface area contributed by atoms with Crippen molar-refractivity contribution in [2.45, 2.75) is 381 Å². The number of hydrogen-bond acceptors (Lipinski definition) is 0. The van der Waals surface area contributed by atoms with E-state index in [0.717, 1.165) is 5.40 Å². The van der Waals surface area contributed by atoms with E-state index in [1.54, 1.807) is 101 Å². The molecule has 0 heterocycles. The lowest BCUT2D eigenvalue weighted by molar-refractivity contribution is 0.616. The number of hydrogen-bond donors (Lipinski definition) is 0. The topological polar surface area (TPSA) is 0 Å². The first-order valence-corrected chi connectivity index (χ1v) is 40.9. The first-order valence-electron chi connectivity index (χ1n) is 33.9. The highest BCUT2D eigenvalue weighted by Crippen LogP contribution is 2.80. The zero-order valence-electron chi connectivity index (χ0n) is 51.5. The lowest BCUT2D eigenvalue weighted by atomic mass is 10.1. The molecule has 0 nitrogen and oxygen atoms in total. The van der Waals surface area contributed by atoms with E-state index in [1.807, 2.05) is 0 Å². The van der Waals surface area contributed by atoms with Crippen LogP contribution < -0.4 is 0 Å². The minimum absolute atomic E-state index is 0.00449. The van der Waals surface area contributed by atoms with Crippen LogP contribution in [0.25, 0.3) is 0 Å². The average molecular weight is 1070 g/mol. The summed E-state index contributed by atoms with van der Waals surface area (Å²) in [7, 11) is 0.0489. The van der Waals surface area contributed by atoms with Crippen molar-refractivity contribution >= 4 is 31.7 Å². The third kappa shape index (κ3) is 41.4. The maximum atomic E-state index is 3.23. The molecule has 0 rings (SSSR count). The van der Waals surface area contributed by atoms with Gasteiger partial charge in [0.1, 0.15) is 0 Å². The van der Waals surface area contributed by atoms with Crippen molar-refractivity contribution in [3.05, 3.63) is 0 Å². The van der Waals surface area contributed by atoms with Gasteiger partial charge < -0.3 is 0 Å². The van der Waals surface area contributed by atoms with Gasteiger partial charge in [-0.3, -0.25) is 0 Å². The maximum absolute atomic E-state index is 3.23. The van der Waals surface area contributed by atoms with Crippen molar-refractivity contribution in [3.8, 4) is 0 Å². The highest BCUT2D eigenvalue weighted by molar-refractivity contribution is 7.84. The van der Waals surface area contributed by atoms with Crippen molar-refractivity contribution in [1.82, 2.24) is 0 Å². The Bertz CT molecular complexity index is 849. The molecule has 0 unspecified atom stereocenters. The van der Waals surface area contributed by atoms with Crippen LogP contribution in [0.1, 0.15) is 371 Å². The molecular formula is C67H140P4. The summed E-state index contributed by atoms with van der Waals surface area (Å²) >= 11 is 0. The highest BCUT2D eigenvalue weighted by Gasteiger charge is 2.50. The summed E-state index contributed by atoms with van der Waals surface area (Å²) in [6, 6.07) is 0. The van der Waals surface area contributed by atoms with Crippen molar-refractivity contribution in [1.29, 1.82) is 0 Å². The Morgan fingerprint density at radius 2 is 0.338 bits per heavy atom. The van der Waals surface area contributed by atoms with E-state index in [4.69, 9.17) is 0 Å². The third-order valence-electron chi connectivity index (χ3n) is 16.8. The molecule has 0 aliphatic heterocycles. The maximum Gasteiger partial charge on any atom is 0.0184 e. The van der Waals surface area contributed by atoms with Gasteiger partial charge in [0.15, 0.2) is 0 Å². The molecule has 0 aliphatic rings. The van der Waals surface area contributed by atoms with Crippen LogP contribution in [0.3, 0.4) is 0 Å². The smallest absolute Gasteiger partial charge is 0.0184 e. The molecule has 0 saturated heterocycles. The van der Waals surface area contributed by atoms with Gasteiger partial charge >= 0.3 is 0 Å². The molecule has 0 N–H and O–H groups in total.